The Morgan fingerprint density at radius 1 is 1.55 bits per heavy atom. The molecule has 0 bridgehead atoms. The van der Waals surface area contributed by atoms with Gasteiger partial charge in [-0.3, -0.25) is 0 Å². The van der Waals surface area contributed by atoms with Gasteiger partial charge in [0.25, 0.3) is 0 Å². The number of hydrogen-bond donors (Lipinski definition) is 0. The van der Waals surface area contributed by atoms with Gasteiger partial charge in [0.1, 0.15) is 0 Å². The van der Waals surface area contributed by atoms with E-state index in [9.17, 15) is 0 Å². The summed E-state index contributed by atoms with van der Waals surface area (Å²) in [6.07, 6.45) is 5.80. The second-order valence-electron chi connectivity index (χ2n) is 3.44. The van der Waals surface area contributed by atoms with Gasteiger partial charge in [-0.05, 0) is 32.6 Å². The van der Waals surface area contributed by atoms with Crippen LogP contribution >= 0.6 is 0 Å². The van der Waals surface area contributed by atoms with Gasteiger partial charge in [-0.25, -0.2) is 4.98 Å². The molecule has 1 fully saturated rings. The zero-order chi connectivity index (χ0) is 7.84. The molecule has 2 nitrogen and oxygen atoms in total. The molecule has 2 heteroatoms. The molecule has 0 unspecified atom stereocenters. The summed E-state index contributed by atoms with van der Waals surface area (Å²) in [5.41, 5.74) is 2.39. The third-order valence-corrected chi connectivity index (χ3v) is 2.40. The minimum atomic E-state index is 0.915. The van der Waals surface area contributed by atoms with Crippen molar-refractivity contribution >= 4 is 0 Å². The van der Waals surface area contributed by atoms with E-state index in [2.05, 4.69) is 22.8 Å². The lowest BCUT2D eigenvalue weighted by Crippen LogP contribution is -2.00. The Morgan fingerprint density at radius 3 is 2.73 bits per heavy atom. The van der Waals surface area contributed by atoms with Crippen LogP contribution in [0.25, 0.3) is 0 Å². The highest BCUT2D eigenvalue weighted by molar-refractivity contribution is 5.08. The maximum absolute atomic E-state index is 4.13. The van der Waals surface area contributed by atoms with Crippen LogP contribution in [-0.4, -0.2) is 9.55 Å². The lowest BCUT2D eigenvalue weighted by Gasteiger charge is -2.01. The van der Waals surface area contributed by atoms with Crippen molar-refractivity contribution in [3.8, 4) is 0 Å². The first-order chi connectivity index (χ1) is 5.27. The van der Waals surface area contributed by atoms with Gasteiger partial charge in [0, 0.05) is 12.2 Å². The van der Waals surface area contributed by atoms with E-state index in [0.29, 0.717) is 0 Å². The SMILES string of the molecule is Cc1n[c]n(CC2CC2)c1C. The van der Waals surface area contributed by atoms with Gasteiger partial charge in [0.05, 0.1) is 5.69 Å². The summed E-state index contributed by atoms with van der Waals surface area (Å²) in [6.45, 7) is 5.28. The highest BCUT2D eigenvalue weighted by Gasteiger charge is 2.22. The number of nitrogens with zero attached hydrogens (tertiary/aromatic N) is 2. The number of rotatable bonds is 2. The van der Waals surface area contributed by atoms with E-state index in [1.165, 1.54) is 18.5 Å². The van der Waals surface area contributed by atoms with Crippen molar-refractivity contribution in [1.82, 2.24) is 9.55 Å². The Morgan fingerprint density at radius 2 is 2.27 bits per heavy atom. The molecule has 59 valence electrons. The van der Waals surface area contributed by atoms with E-state index in [-0.39, 0.29) is 0 Å². The Labute approximate surface area is 67.3 Å². The molecule has 0 spiro atoms. The molecule has 0 amide bonds. The van der Waals surface area contributed by atoms with Crippen molar-refractivity contribution in [3.05, 3.63) is 17.7 Å². The molecule has 1 aromatic heterocycles. The smallest absolute Gasteiger partial charge is 0.176 e. The second kappa shape index (κ2) is 2.36. The number of aryl methyl sites for hydroxylation is 1. The lowest BCUT2D eigenvalue weighted by atomic mass is 10.3. The Bertz CT molecular complexity index is 259. The van der Waals surface area contributed by atoms with Crippen LogP contribution in [0.2, 0.25) is 0 Å². The first-order valence-electron chi connectivity index (χ1n) is 4.19. The molecule has 0 aromatic carbocycles. The van der Waals surface area contributed by atoms with Crippen molar-refractivity contribution in [2.75, 3.05) is 0 Å². The van der Waals surface area contributed by atoms with E-state index in [0.717, 1.165) is 18.2 Å². The van der Waals surface area contributed by atoms with Crippen LogP contribution in [0.5, 0.6) is 0 Å². The lowest BCUT2D eigenvalue weighted by molar-refractivity contribution is 0.609. The minimum absolute atomic E-state index is 0.915. The maximum Gasteiger partial charge on any atom is 0.176 e. The zero-order valence-electron chi connectivity index (χ0n) is 7.09. The van der Waals surface area contributed by atoms with E-state index in [1.807, 2.05) is 6.92 Å². The van der Waals surface area contributed by atoms with Gasteiger partial charge in [-0.15, -0.1) is 0 Å². The molecule has 0 atom stereocenters. The third kappa shape index (κ3) is 1.30. The molecule has 1 aromatic rings. The largest absolute Gasteiger partial charge is 0.325 e. The molecular weight excluding hydrogens is 136 g/mol. The van der Waals surface area contributed by atoms with Crippen LogP contribution in [0.3, 0.4) is 0 Å². The fourth-order valence-electron chi connectivity index (χ4n) is 1.22. The molecule has 1 aliphatic rings. The summed E-state index contributed by atoms with van der Waals surface area (Å²) < 4.78 is 2.15. The molecule has 0 saturated heterocycles. The van der Waals surface area contributed by atoms with Crippen LogP contribution in [-0.2, 0) is 6.54 Å². The van der Waals surface area contributed by atoms with Gasteiger partial charge < -0.3 is 4.57 Å². The van der Waals surface area contributed by atoms with Crippen molar-refractivity contribution < 1.29 is 0 Å². The van der Waals surface area contributed by atoms with Crippen molar-refractivity contribution in [3.63, 3.8) is 0 Å². The topological polar surface area (TPSA) is 17.8 Å². The molecule has 1 saturated carbocycles. The van der Waals surface area contributed by atoms with Crippen LogP contribution in [0, 0.1) is 26.1 Å². The monoisotopic (exact) mass is 149 g/mol. The molecule has 2 rings (SSSR count). The number of imidazole rings is 1. The quantitative estimate of drug-likeness (QED) is 0.626. The average Bonchev–Trinajstić information content (AvgIpc) is 2.74. The van der Waals surface area contributed by atoms with Crippen LogP contribution in [0.4, 0.5) is 0 Å². The average molecular weight is 149 g/mol. The minimum Gasteiger partial charge on any atom is -0.325 e. The summed E-state index contributed by atoms with van der Waals surface area (Å²) in [7, 11) is 0. The summed E-state index contributed by atoms with van der Waals surface area (Å²) in [6, 6.07) is 0. The second-order valence-corrected chi connectivity index (χ2v) is 3.44. The fourth-order valence-corrected chi connectivity index (χ4v) is 1.22. The van der Waals surface area contributed by atoms with Crippen LogP contribution in [0.1, 0.15) is 24.2 Å². The summed E-state index contributed by atoms with van der Waals surface area (Å²) >= 11 is 0. The first kappa shape index (κ1) is 6.89. The molecule has 1 aliphatic carbocycles. The Hall–Kier alpha value is -0.790. The van der Waals surface area contributed by atoms with Crippen molar-refractivity contribution in [1.29, 1.82) is 0 Å². The van der Waals surface area contributed by atoms with Gasteiger partial charge >= 0.3 is 0 Å². The molecule has 11 heavy (non-hydrogen) atoms. The van der Waals surface area contributed by atoms with Gasteiger partial charge in [-0.2, -0.15) is 0 Å². The van der Waals surface area contributed by atoms with E-state index in [1.54, 1.807) is 0 Å². The predicted octanol–water partition coefficient (Wildman–Crippen LogP) is 1.71. The zero-order valence-corrected chi connectivity index (χ0v) is 7.09. The van der Waals surface area contributed by atoms with Gasteiger partial charge in [0.15, 0.2) is 6.33 Å². The molecule has 0 N–H and O–H groups in total. The van der Waals surface area contributed by atoms with E-state index in [4.69, 9.17) is 0 Å². The molecule has 1 radical (unpaired) electrons. The van der Waals surface area contributed by atoms with Crippen molar-refractivity contribution in [2.45, 2.75) is 33.2 Å². The van der Waals surface area contributed by atoms with Crippen molar-refractivity contribution in [2.24, 2.45) is 5.92 Å². The van der Waals surface area contributed by atoms with Gasteiger partial charge in [0.2, 0.25) is 0 Å². The number of aromatic nitrogens is 2. The molecular formula is C9H13N2. The molecule has 0 aliphatic heterocycles. The maximum atomic E-state index is 4.13. The first-order valence-corrected chi connectivity index (χ1v) is 4.19. The Kier molecular flexibility index (Phi) is 1.48. The summed E-state index contributed by atoms with van der Waals surface area (Å²) in [5.74, 6) is 0.915. The number of hydrogen-bond acceptors (Lipinski definition) is 1. The normalized spacial score (nSPS) is 17.3. The Balaban J connectivity index is 2.15. The van der Waals surface area contributed by atoms with Crippen LogP contribution < -0.4 is 0 Å². The van der Waals surface area contributed by atoms with E-state index >= 15 is 0 Å². The molecule has 1 heterocycles. The van der Waals surface area contributed by atoms with E-state index < -0.39 is 0 Å². The fraction of sp³-hybridized carbons (Fsp3) is 0.667. The third-order valence-electron chi connectivity index (χ3n) is 2.40. The van der Waals surface area contributed by atoms with Gasteiger partial charge in [-0.1, -0.05) is 0 Å². The summed E-state index contributed by atoms with van der Waals surface area (Å²) in [5, 5.41) is 0. The highest BCUT2D eigenvalue weighted by atomic mass is 15.1. The highest BCUT2D eigenvalue weighted by Crippen LogP contribution is 2.30. The summed E-state index contributed by atoms with van der Waals surface area (Å²) in [4.78, 5) is 4.13. The predicted molar refractivity (Wildman–Crippen MR) is 43.3 cm³/mol. The standard InChI is InChI=1S/C9H13N2/c1-7-8(2)11(6-10-7)5-9-3-4-9/h9H,3-5H2,1-2H3. The van der Waals surface area contributed by atoms with Crippen LogP contribution in [0.15, 0.2) is 0 Å².